The lowest BCUT2D eigenvalue weighted by molar-refractivity contribution is 0.102. The number of carbonyl (C=O) groups excluding carboxylic acids is 1. The molecule has 24 heavy (non-hydrogen) atoms. The number of nitrogens with one attached hydrogen (secondary N) is 1. The lowest BCUT2D eigenvalue weighted by Crippen LogP contribution is -2.23. The summed E-state index contributed by atoms with van der Waals surface area (Å²) in [6.45, 7) is 0. The lowest BCUT2D eigenvalue weighted by Gasteiger charge is -2.03. The summed E-state index contributed by atoms with van der Waals surface area (Å²) in [5.74, 6) is -0.450. The number of thiazole rings is 1. The minimum atomic E-state index is -0.450. The molecule has 0 spiro atoms. The maximum Gasteiger partial charge on any atom is 0.277 e. The van der Waals surface area contributed by atoms with E-state index in [1.54, 1.807) is 23.6 Å². The van der Waals surface area contributed by atoms with Crippen LogP contribution in [0.1, 0.15) is 10.5 Å². The predicted molar refractivity (Wildman–Crippen MR) is 95.0 cm³/mol. The van der Waals surface area contributed by atoms with Gasteiger partial charge < -0.3 is 0 Å². The summed E-state index contributed by atoms with van der Waals surface area (Å²) in [4.78, 5) is 27.8. The summed E-state index contributed by atoms with van der Waals surface area (Å²) in [5, 5.41) is 9.73. The minimum Gasteiger partial charge on any atom is -0.296 e. The van der Waals surface area contributed by atoms with Crippen molar-refractivity contribution < 1.29 is 4.79 Å². The maximum atomic E-state index is 12.2. The van der Waals surface area contributed by atoms with Gasteiger partial charge in [0.05, 0.1) is 10.7 Å². The summed E-state index contributed by atoms with van der Waals surface area (Å²) in [6.07, 6.45) is 0. The van der Waals surface area contributed by atoms with Crippen LogP contribution in [0.3, 0.4) is 0 Å². The molecule has 1 N–H and O–H groups in total. The highest BCUT2D eigenvalue weighted by Crippen LogP contribution is 2.32. The Morgan fingerprint density at radius 2 is 2.04 bits per heavy atom. The maximum absolute atomic E-state index is 12.2. The molecule has 0 aliphatic rings. The van der Waals surface area contributed by atoms with Crippen LogP contribution in [0.5, 0.6) is 0 Å². The van der Waals surface area contributed by atoms with Crippen molar-refractivity contribution in [2.24, 2.45) is 7.05 Å². The van der Waals surface area contributed by atoms with Gasteiger partial charge in [0.25, 0.3) is 11.5 Å². The Balaban J connectivity index is 1.82. The van der Waals surface area contributed by atoms with Crippen molar-refractivity contribution in [2.75, 3.05) is 5.32 Å². The Kier molecular flexibility index (Phi) is 4.66. The minimum absolute atomic E-state index is 0.123. The van der Waals surface area contributed by atoms with Crippen LogP contribution in [-0.2, 0) is 7.05 Å². The van der Waals surface area contributed by atoms with E-state index in [-0.39, 0.29) is 11.3 Å². The molecule has 9 heteroatoms. The number of anilines is 1. The van der Waals surface area contributed by atoms with Crippen molar-refractivity contribution in [3.05, 3.63) is 61.8 Å². The molecule has 0 saturated carbocycles. The zero-order valence-corrected chi connectivity index (χ0v) is 14.6. The van der Waals surface area contributed by atoms with Crippen LogP contribution >= 0.6 is 34.5 Å². The summed E-state index contributed by atoms with van der Waals surface area (Å²) >= 11 is 13.3. The second-order valence-corrected chi connectivity index (χ2v) is 6.50. The predicted octanol–water partition coefficient (Wildman–Crippen LogP) is 3.46. The second-order valence-electron chi connectivity index (χ2n) is 4.80. The van der Waals surface area contributed by atoms with Crippen LogP contribution in [-0.4, -0.2) is 20.7 Å². The zero-order chi connectivity index (χ0) is 17.3. The quantitative estimate of drug-likeness (QED) is 0.754. The first-order valence-electron chi connectivity index (χ1n) is 6.71. The van der Waals surface area contributed by atoms with Gasteiger partial charge in [-0.25, -0.2) is 9.67 Å². The third-order valence-corrected chi connectivity index (χ3v) is 4.43. The fraction of sp³-hybridized carbons (Fsp3) is 0.0667. The van der Waals surface area contributed by atoms with E-state index in [2.05, 4.69) is 15.4 Å². The van der Waals surface area contributed by atoms with E-state index in [0.717, 1.165) is 10.2 Å². The highest BCUT2D eigenvalue weighted by molar-refractivity contribution is 7.14. The molecule has 6 nitrogen and oxygen atoms in total. The third-order valence-electron chi connectivity index (χ3n) is 3.12. The van der Waals surface area contributed by atoms with Crippen molar-refractivity contribution >= 4 is 45.6 Å². The smallest absolute Gasteiger partial charge is 0.277 e. The van der Waals surface area contributed by atoms with Crippen LogP contribution in [0.25, 0.3) is 11.3 Å². The summed E-state index contributed by atoms with van der Waals surface area (Å²) in [7, 11) is 1.48. The van der Waals surface area contributed by atoms with E-state index < -0.39 is 5.91 Å². The molecule has 2 aromatic heterocycles. The van der Waals surface area contributed by atoms with Gasteiger partial charge in [-0.1, -0.05) is 23.2 Å². The molecule has 2 heterocycles. The van der Waals surface area contributed by atoms with E-state index in [9.17, 15) is 9.59 Å². The van der Waals surface area contributed by atoms with E-state index in [4.69, 9.17) is 23.2 Å². The van der Waals surface area contributed by atoms with Gasteiger partial charge in [-0.15, -0.1) is 11.3 Å². The normalized spacial score (nSPS) is 10.6. The molecule has 0 atom stereocenters. The molecule has 3 rings (SSSR count). The van der Waals surface area contributed by atoms with Gasteiger partial charge in [0, 0.05) is 29.1 Å². The van der Waals surface area contributed by atoms with Crippen molar-refractivity contribution in [1.82, 2.24) is 14.8 Å². The number of halogens is 2. The Morgan fingerprint density at radius 3 is 2.75 bits per heavy atom. The van der Waals surface area contributed by atoms with Crippen molar-refractivity contribution in [1.29, 1.82) is 0 Å². The van der Waals surface area contributed by atoms with Gasteiger partial charge in [0.15, 0.2) is 5.13 Å². The van der Waals surface area contributed by atoms with Crippen LogP contribution in [0, 0.1) is 0 Å². The fourth-order valence-electron chi connectivity index (χ4n) is 1.94. The highest BCUT2D eigenvalue weighted by Gasteiger charge is 2.13. The largest absolute Gasteiger partial charge is 0.296 e. The molecule has 0 saturated heterocycles. The third kappa shape index (κ3) is 3.48. The van der Waals surface area contributed by atoms with E-state index in [0.29, 0.717) is 20.9 Å². The van der Waals surface area contributed by atoms with Gasteiger partial charge in [0.2, 0.25) is 0 Å². The molecule has 0 aliphatic carbocycles. The Hall–Kier alpha value is -2.22. The number of aromatic nitrogens is 3. The Labute approximate surface area is 150 Å². The first kappa shape index (κ1) is 16.6. The molecule has 0 bridgehead atoms. The Morgan fingerprint density at radius 1 is 1.25 bits per heavy atom. The number of hydrogen-bond donors (Lipinski definition) is 1. The van der Waals surface area contributed by atoms with Gasteiger partial charge in [-0.3, -0.25) is 14.9 Å². The van der Waals surface area contributed by atoms with E-state index >= 15 is 0 Å². The SMILES string of the molecule is Cn1nc(C(=O)Nc2nc(-c3ccc(Cl)cc3Cl)cs2)ccc1=O. The molecule has 0 fully saturated rings. The molecule has 1 amide bonds. The number of benzene rings is 1. The van der Waals surface area contributed by atoms with Gasteiger partial charge in [0.1, 0.15) is 5.69 Å². The molecule has 122 valence electrons. The summed E-state index contributed by atoms with van der Waals surface area (Å²) in [5.41, 5.74) is 1.18. The van der Waals surface area contributed by atoms with Gasteiger partial charge >= 0.3 is 0 Å². The monoisotopic (exact) mass is 380 g/mol. The first-order valence-corrected chi connectivity index (χ1v) is 8.34. The average molecular weight is 381 g/mol. The number of amides is 1. The summed E-state index contributed by atoms with van der Waals surface area (Å²) < 4.78 is 1.09. The topological polar surface area (TPSA) is 76.9 Å². The molecular weight excluding hydrogens is 371 g/mol. The van der Waals surface area contributed by atoms with Crippen LogP contribution in [0.15, 0.2) is 40.5 Å². The number of aryl methyl sites for hydroxylation is 1. The fourth-order valence-corrected chi connectivity index (χ4v) is 3.15. The van der Waals surface area contributed by atoms with Crippen LogP contribution in [0.2, 0.25) is 10.0 Å². The van der Waals surface area contributed by atoms with E-state index in [1.165, 1.54) is 30.5 Å². The molecule has 0 unspecified atom stereocenters. The second kappa shape index (κ2) is 6.72. The standard InChI is InChI=1S/C15H10Cl2N4O2S/c1-21-13(22)5-4-11(20-21)14(23)19-15-18-12(7-24-15)9-3-2-8(16)6-10(9)17/h2-7H,1H3,(H,18,19,23). The zero-order valence-electron chi connectivity index (χ0n) is 12.3. The first-order chi connectivity index (χ1) is 11.4. The highest BCUT2D eigenvalue weighted by atomic mass is 35.5. The average Bonchev–Trinajstić information content (AvgIpc) is 2.98. The molecule has 3 aromatic rings. The number of carbonyl (C=O) groups is 1. The van der Waals surface area contributed by atoms with E-state index in [1.807, 2.05) is 0 Å². The molecule has 0 aliphatic heterocycles. The van der Waals surface area contributed by atoms with Crippen molar-refractivity contribution in [3.8, 4) is 11.3 Å². The van der Waals surface area contributed by atoms with Crippen LogP contribution < -0.4 is 10.9 Å². The van der Waals surface area contributed by atoms with Gasteiger partial charge in [-0.05, 0) is 24.3 Å². The van der Waals surface area contributed by atoms with Crippen molar-refractivity contribution in [3.63, 3.8) is 0 Å². The lowest BCUT2D eigenvalue weighted by atomic mass is 10.2. The molecule has 1 aromatic carbocycles. The Bertz CT molecular complexity index is 984. The number of rotatable bonds is 3. The van der Waals surface area contributed by atoms with Crippen LogP contribution in [0.4, 0.5) is 5.13 Å². The number of hydrogen-bond acceptors (Lipinski definition) is 5. The van der Waals surface area contributed by atoms with Crippen molar-refractivity contribution in [2.45, 2.75) is 0 Å². The molecular formula is C15H10Cl2N4O2S. The number of nitrogens with zero attached hydrogens (tertiary/aromatic N) is 3. The molecule has 0 radical (unpaired) electrons. The summed E-state index contributed by atoms with van der Waals surface area (Å²) in [6, 6.07) is 7.75. The van der Waals surface area contributed by atoms with Gasteiger partial charge in [-0.2, -0.15) is 5.10 Å².